The maximum Gasteiger partial charge on any atom is 0.0211 e. The van der Waals surface area contributed by atoms with Crippen LogP contribution in [-0.2, 0) is 0 Å². The van der Waals surface area contributed by atoms with Crippen LogP contribution in [0.15, 0.2) is 48.5 Å². The van der Waals surface area contributed by atoms with Gasteiger partial charge in [0.1, 0.15) is 0 Å². The zero-order valence-electron chi connectivity index (χ0n) is 9.27. The van der Waals surface area contributed by atoms with Crippen LogP contribution < -0.4 is 0 Å². The second-order valence-corrected chi connectivity index (χ2v) is 4.24. The second-order valence-electron chi connectivity index (χ2n) is 4.24. The molecule has 0 fully saturated rings. The van der Waals surface area contributed by atoms with Crippen molar-refractivity contribution in [2.75, 3.05) is 0 Å². The topological polar surface area (TPSA) is 0 Å². The molecule has 0 heteroatoms. The highest BCUT2D eigenvalue weighted by atomic mass is 14.2. The van der Waals surface area contributed by atoms with Gasteiger partial charge in [-0.3, -0.25) is 0 Å². The monoisotopic (exact) mass is 205 g/mol. The highest BCUT2D eigenvalue weighted by Crippen LogP contribution is 2.33. The van der Waals surface area contributed by atoms with E-state index in [1.165, 1.54) is 27.8 Å². The summed E-state index contributed by atoms with van der Waals surface area (Å²) in [6.07, 6.45) is 4.51. The molecule has 0 aromatic heterocycles. The lowest BCUT2D eigenvalue weighted by molar-refractivity contribution is 1.44. The summed E-state index contributed by atoms with van der Waals surface area (Å²) in [5.74, 6) is 0. The Morgan fingerprint density at radius 1 is 0.812 bits per heavy atom. The van der Waals surface area contributed by atoms with E-state index >= 15 is 0 Å². The number of benzene rings is 2. The highest BCUT2D eigenvalue weighted by Gasteiger charge is 2.13. The number of allylic oxidation sites excluding steroid dienone is 1. The summed E-state index contributed by atoms with van der Waals surface area (Å²) in [5, 5.41) is 0. The van der Waals surface area contributed by atoms with Crippen molar-refractivity contribution in [2.24, 2.45) is 0 Å². The molecule has 16 heavy (non-hydrogen) atoms. The zero-order valence-corrected chi connectivity index (χ0v) is 9.27. The molecule has 0 saturated heterocycles. The van der Waals surface area contributed by atoms with Crippen LogP contribution in [-0.4, -0.2) is 0 Å². The summed E-state index contributed by atoms with van der Waals surface area (Å²) in [6, 6.07) is 17.1. The molecule has 0 bridgehead atoms. The Hall–Kier alpha value is -1.82. The Kier molecular flexibility index (Phi) is 2.14. The summed E-state index contributed by atoms with van der Waals surface area (Å²) < 4.78 is 0. The number of rotatable bonds is 1. The molecule has 0 spiro atoms. The molecule has 0 heterocycles. The van der Waals surface area contributed by atoms with Gasteiger partial charge < -0.3 is 0 Å². The summed E-state index contributed by atoms with van der Waals surface area (Å²) in [6.45, 7) is 2.13. The molecule has 3 rings (SSSR count). The van der Waals surface area contributed by atoms with Gasteiger partial charge >= 0.3 is 0 Å². The molecular weight excluding hydrogens is 192 g/mol. The number of aryl methyl sites for hydroxylation is 1. The van der Waals surface area contributed by atoms with Crippen LogP contribution in [0.3, 0.4) is 0 Å². The predicted molar refractivity (Wildman–Crippen MR) is 68.9 cm³/mol. The quantitative estimate of drug-likeness (QED) is 0.657. The van der Waals surface area contributed by atoms with Gasteiger partial charge in [-0.1, -0.05) is 60.2 Å². The van der Waals surface area contributed by atoms with Gasteiger partial charge in [0.05, 0.1) is 0 Å². The Bertz CT molecular complexity index is 562. The molecule has 2 aromatic carbocycles. The number of hydrogen-bond donors (Lipinski definition) is 0. The molecule has 0 saturated carbocycles. The Labute approximate surface area is 96.3 Å². The summed E-state index contributed by atoms with van der Waals surface area (Å²) in [4.78, 5) is 0. The first-order chi connectivity index (χ1) is 7.83. The van der Waals surface area contributed by atoms with Gasteiger partial charge in [-0.05, 0) is 29.2 Å². The first-order valence-electron chi connectivity index (χ1n) is 5.55. The molecule has 0 N–H and O–H groups in total. The van der Waals surface area contributed by atoms with E-state index in [4.69, 9.17) is 0 Å². The van der Waals surface area contributed by atoms with Gasteiger partial charge in [0.25, 0.3) is 0 Å². The van der Waals surface area contributed by atoms with Crippen molar-refractivity contribution in [1.29, 1.82) is 0 Å². The van der Waals surface area contributed by atoms with Gasteiger partial charge in [0.15, 0.2) is 0 Å². The predicted octanol–water partition coefficient (Wildman–Crippen LogP) is 4.10. The van der Waals surface area contributed by atoms with Crippen LogP contribution in [0.25, 0.3) is 11.6 Å². The SMILES string of the molecule is Cc1cccc(C2=Cc3ccccc3[CH]2)c1. The fourth-order valence-electron chi connectivity index (χ4n) is 2.14. The maximum atomic E-state index is 2.25. The molecular formula is C16H13. The molecule has 0 atom stereocenters. The summed E-state index contributed by atoms with van der Waals surface area (Å²) in [7, 11) is 0. The highest BCUT2D eigenvalue weighted by molar-refractivity contribution is 5.94. The van der Waals surface area contributed by atoms with E-state index in [2.05, 4.69) is 68.0 Å². The Morgan fingerprint density at radius 3 is 2.38 bits per heavy atom. The minimum absolute atomic E-state index is 1.30. The molecule has 1 aliphatic carbocycles. The number of fused-ring (bicyclic) bond motifs is 1. The lowest BCUT2D eigenvalue weighted by atomic mass is 10.0. The third-order valence-corrected chi connectivity index (χ3v) is 2.97. The molecule has 0 amide bonds. The van der Waals surface area contributed by atoms with Gasteiger partial charge in [-0.25, -0.2) is 0 Å². The van der Waals surface area contributed by atoms with Gasteiger partial charge in [0, 0.05) is 6.42 Å². The maximum absolute atomic E-state index is 2.25. The molecule has 77 valence electrons. The van der Waals surface area contributed by atoms with E-state index in [9.17, 15) is 0 Å². The van der Waals surface area contributed by atoms with Crippen molar-refractivity contribution < 1.29 is 0 Å². The van der Waals surface area contributed by atoms with Crippen LogP contribution >= 0.6 is 0 Å². The van der Waals surface area contributed by atoms with Crippen LogP contribution in [0.5, 0.6) is 0 Å². The van der Waals surface area contributed by atoms with Gasteiger partial charge in [-0.15, -0.1) is 0 Å². The van der Waals surface area contributed by atoms with E-state index in [1.54, 1.807) is 0 Å². The normalized spacial score (nSPS) is 13.4. The van der Waals surface area contributed by atoms with Crippen molar-refractivity contribution in [1.82, 2.24) is 0 Å². The van der Waals surface area contributed by atoms with Crippen molar-refractivity contribution in [3.8, 4) is 0 Å². The molecule has 2 aromatic rings. The van der Waals surface area contributed by atoms with E-state index in [0.29, 0.717) is 0 Å². The Balaban J connectivity index is 2.02. The average molecular weight is 205 g/mol. The number of hydrogen-bond acceptors (Lipinski definition) is 0. The van der Waals surface area contributed by atoms with Gasteiger partial charge in [0.2, 0.25) is 0 Å². The zero-order chi connectivity index (χ0) is 11.0. The third kappa shape index (κ3) is 1.57. The van der Waals surface area contributed by atoms with E-state index in [1.807, 2.05) is 0 Å². The smallest absolute Gasteiger partial charge is 0.0211 e. The first-order valence-corrected chi connectivity index (χ1v) is 5.55. The fourth-order valence-corrected chi connectivity index (χ4v) is 2.14. The van der Waals surface area contributed by atoms with Crippen LogP contribution in [0, 0.1) is 13.3 Å². The average Bonchev–Trinajstić information content (AvgIpc) is 2.72. The molecule has 0 unspecified atom stereocenters. The van der Waals surface area contributed by atoms with E-state index in [0.717, 1.165) is 0 Å². The Morgan fingerprint density at radius 2 is 1.62 bits per heavy atom. The van der Waals surface area contributed by atoms with Crippen molar-refractivity contribution >= 4 is 11.6 Å². The lowest BCUT2D eigenvalue weighted by Gasteiger charge is -2.02. The summed E-state index contributed by atoms with van der Waals surface area (Å²) in [5.41, 5.74) is 6.56. The van der Waals surface area contributed by atoms with Crippen LogP contribution in [0.4, 0.5) is 0 Å². The van der Waals surface area contributed by atoms with Crippen molar-refractivity contribution in [3.05, 3.63) is 77.2 Å². The molecule has 1 radical (unpaired) electrons. The molecule has 1 aliphatic rings. The van der Waals surface area contributed by atoms with Crippen LogP contribution in [0.2, 0.25) is 0 Å². The molecule has 0 aliphatic heterocycles. The minimum atomic E-state index is 1.30. The van der Waals surface area contributed by atoms with Crippen molar-refractivity contribution in [2.45, 2.75) is 6.92 Å². The second kappa shape index (κ2) is 3.64. The van der Waals surface area contributed by atoms with E-state index < -0.39 is 0 Å². The lowest BCUT2D eigenvalue weighted by Crippen LogP contribution is -1.83. The summed E-state index contributed by atoms with van der Waals surface area (Å²) >= 11 is 0. The third-order valence-electron chi connectivity index (χ3n) is 2.97. The molecule has 0 nitrogen and oxygen atoms in total. The van der Waals surface area contributed by atoms with Gasteiger partial charge in [-0.2, -0.15) is 0 Å². The largest absolute Gasteiger partial charge is 0.0619 e. The minimum Gasteiger partial charge on any atom is -0.0619 e. The standard InChI is InChI=1S/C16H13/c1-12-5-4-8-13(9-12)16-10-14-6-2-3-7-15(14)11-16/h2-11H,1H3. The van der Waals surface area contributed by atoms with Crippen molar-refractivity contribution in [3.63, 3.8) is 0 Å². The first kappa shape index (κ1) is 9.41. The van der Waals surface area contributed by atoms with E-state index in [-0.39, 0.29) is 0 Å². The fraction of sp³-hybridized carbons (Fsp3) is 0.0625. The van der Waals surface area contributed by atoms with Crippen LogP contribution in [0.1, 0.15) is 22.3 Å².